The van der Waals surface area contributed by atoms with E-state index in [-0.39, 0.29) is 18.3 Å². The van der Waals surface area contributed by atoms with Crippen molar-refractivity contribution in [2.45, 2.75) is 12.8 Å². The summed E-state index contributed by atoms with van der Waals surface area (Å²) < 4.78 is 9.71. The summed E-state index contributed by atoms with van der Waals surface area (Å²) in [6, 6.07) is 5.19. The van der Waals surface area contributed by atoms with Gasteiger partial charge < -0.3 is 14.8 Å². The zero-order valence-electron chi connectivity index (χ0n) is 10.8. The van der Waals surface area contributed by atoms with Gasteiger partial charge in [-0.1, -0.05) is 0 Å². The third-order valence-electron chi connectivity index (χ3n) is 2.54. The molecule has 0 aliphatic carbocycles. The van der Waals surface area contributed by atoms with Crippen LogP contribution >= 0.6 is 0 Å². The zero-order valence-corrected chi connectivity index (χ0v) is 10.8. The van der Waals surface area contributed by atoms with Gasteiger partial charge in [0.05, 0.1) is 14.2 Å². The van der Waals surface area contributed by atoms with Gasteiger partial charge in [-0.2, -0.15) is 0 Å². The van der Waals surface area contributed by atoms with E-state index >= 15 is 0 Å². The Morgan fingerprint density at radius 3 is 2.50 bits per heavy atom. The molecule has 0 saturated heterocycles. The first-order valence-electron chi connectivity index (χ1n) is 5.57. The van der Waals surface area contributed by atoms with Crippen molar-refractivity contribution in [1.82, 2.24) is 5.32 Å². The number of hydrogen-bond donors (Lipinski definition) is 1. The van der Waals surface area contributed by atoms with Crippen LogP contribution in [0.1, 0.15) is 22.3 Å². The summed E-state index contributed by atoms with van der Waals surface area (Å²) in [6.45, 7) is 0. The molecule has 0 heterocycles. The monoisotopic (exact) mass is 251 g/mol. The first kappa shape index (κ1) is 14.0. The van der Waals surface area contributed by atoms with Crippen LogP contribution in [0.2, 0.25) is 0 Å². The molecule has 0 radical (unpaired) electrons. The fourth-order valence-electron chi connectivity index (χ4n) is 1.55. The lowest BCUT2D eigenvalue weighted by Gasteiger charge is -2.08. The van der Waals surface area contributed by atoms with Gasteiger partial charge >= 0.3 is 5.97 Å². The molecule has 18 heavy (non-hydrogen) atoms. The van der Waals surface area contributed by atoms with Crippen LogP contribution in [0.25, 0.3) is 0 Å². The van der Waals surface area contributed by atoms with E-state index in [4.69, 9.17) is 4.74 Å². The third-order valence-corrected chi connectivity index (χ3v) is 2.54. The lowest BCUT2D eigenvalue weighted by molar-refractivity contribution is -0.140. The number of rotatable bonds is 5. The van der Waals surface area contributed by atoms with Crippen molar-refractivity contribution in [3.8, 4) is 5.75 Å². The lowest BCUT2D eigenvalue weighted by atomic mass is 10.1. The SMILES string of the molecule is CNC(=O)c1cc(CCC(=O)OC)cc(OC)c1. The number of methoxy groups -OCH3 is 2. The number of carbonyl (C=O) groups is 2. The minimum atomic E-state index is -0.278. The summed E-state index contributed by atoms with van der Waals surface area (Å²) in [5.74, 6) is 0.128. The molecule has 0 spiro atoms. The predicted molar refractivity (Wildman–Crippen MR) is 66.7 cm³/mol. The molecule has 0 atom stereocenters. The molecule has 1 aromatic rings. The molecule has 1 rings (SSSR count). The summed E-state index contributed by atoms with van der Waals surface area (Å²) in [7, 11) is 4.45. The van der Waals surface area contributed by atoms with E-state index in [1.54, 1.807) is 25.2 Å². The van der Waals surface area contributed by atoms with Crippen molar-refractivity contribution in [2.75, 3.05) is 21.3 Å². The van der Waals surface area contributed by atoms with Crippen LogP contribution in [0.5, 0.6) is 5.75 Å². The van der Waals surface area contributed by atoms with Gasteiger partial charge in [0.25, 0.3) is 5.91 Å². The van der Waals surface area contributed by atoms with Crippen LogP contribution in [-0.2, 0) is 16.0 Å². The second kappa shape index (κ2) is 6.64. The van der Waals surface area contributed by atoms with Crippen molar-refractivity contribution in [2.24, 2.45) is 0 Å². The molecular formula is C13H17NO4. The number of amides is 1. The van der Waals surface area contributed by atoms with Crippen molar-refractivity contribution >= 4 is 11.9 Å². The van der Waals surface area contributed by atoms with Gasteiger partial charge in [0.1, 0.15) is 5.75 Å². The average Bonchev–Trinajstić information content (AvgIpc) is 2.43. The van der Waals surface area contributed by atoms with Crippen molar-refractivity contribution in [1.29, 1.82) is 0 Å². The minimum absolute atomic E-state index is 0.187. The zero-order chi connectivity index (χ0) is 13.5. The number of hydrogen-bond acceptors (Lipinski definition) is 4. The molecule has 1 N–H and O–H groups in total. The van der Waals surface area contributed by atoms with Gasteiger partial charge in [0, 0.05) is 19.0 Å². The molecule has 98 valence electrons. The summed E-state index contributed by atoms with van der Waals surface area (Å²) in [6.07, 6.45) is 0.782. The van der Waals surface area contributed by atoms with E-state index in [1.165, 1.54) is 14.2 Å². The van der Waals surface area contributed by atoms with Crippen LogP contribution in [0.4, 0.5) is 0 Å². The first-order chi connectivity index (χ1) is 8.60. The van der Waals surface area contributed by atoms with Crippen LogP contribution in [0.15, 0.2) is 18.2 Å². The molecule has 0 bridgehead atoms. The second-order valence-electron chi connectivity index (χ2n) is 3.73. The fourth-order valence-corrected chi connectivity index (χ4v) is 1.55. The molecule has 5 heteroatoms. The van der Waals surface area contributed by atoms with E-state index in [2.05, 4.69) is 10.1 Å². The van der Waals surface area contributed by atoms with Gasteiger partial charge in [-0.15, -0.1) is 0 Å². The Kier molecular flexibility index (Phi) is 5.17. The quantitative estimate of drug-likeness (QED) is 0.798. The molecule has 0 fully saturated rings. The van der Waals surface area contributed by atoms with Crippen molar-refractivity contribution in [3.63, 3.8) is 0 Å². The molecule has 0 unspecified atom stereocenters. The van der Waals surface area contributed by atoms with E-state index < -0.39 is 0 Å². The van der Waals surface area contributed by atoms with Crippen molar-refractivity contribution < 1.29 is 19.1 Å². The fraction of sp³-hybridized carbons (Fsp3) is 0.385. The van der Waals surface area contributed by atoms with E-state index in [0.717, 1.165) is 5.56 Å². The highest BCUT2D eigenvalue weighted by Crippen LogP contribution is 2.18. The smallest absolute Gasteiger partial charge is 0.305 e. The van der Waals surface area contributed by atoms with Gasteiger partial charge in [-0.25, -0.2) is 0 Å². The van der Waals surface area contributed by atoms with E-state index in [0.29, 0.717) is 17.7 Å². The van der Waals surface area contributed by atoms with Gasteiger partial charge in [0.15, 0.2) is 0 Å². The van der Waals surface area contributed by atoms with E-state index in [9.17, 15) is 9.59 Å². The molecule has 1 aromatic carbocycles. The topological polar surface area (TPSA) is 64.6 Å². The van der Waals surface area contributed by atoms with Crippen LogP contribution in [0, 0.1) is 0 Å². The van der Waals surface area contributed by atoms with Gasteiger partial charge in [0.2, 0.25) is 0 Å². The highest BCUT2D eigenvalue weighted by Gasteiger charge is 2.09. The Labute approximate surface area is 106 Å². The Morgan fingerprint density at radius 1 is 1.22 bits per heavy atom. The minimum Gasteiger partial charge on any atom is -0.497 e. The molecule has 5 nitrogen and oxygen atoms in total. The number of nitrogens with one attached hydrogen (secondary N) is 1. The van der Waals surface area contributed by atoms with E-state index in [1.807, 2.05) is 0 Å². The lowest BCUT2D eigenvalue weighted by Crippen LogP contribution is -2.18. The average molecular weight is 251 g/mol. The first-order valence-corrected chi connectivity index (χ1v) is 5.57. The molecular weight excluding hydrogens is 234 g/mol. The molecule has 0 aromatic heterocycles. The highest BCUT2D eigenvalue weighted by atomic mass is 16.5. The Hall–Kier alpha value is -2.04. The molecule has 0 aliphatic rings. The van der Waals surface area contributed by atoms with Gasteiger partial charge in [-0.05, 0) is 30.2 Å². The maximum atomic E-state index is 11.6. The number of benzene rings is 1. The summed E-state index contributed by atoms with van der Waals surface area (Å²) in [4.78, 5) is 22.7. The van der Waals surface area contributed by atoms with Crippen molar-refractivity contribution in [3.05, 3.63) is 29.3 Å². The largest absolute Gasteiger partial charge is 0.497 e. The number of carbonyl (C=O) groups excluding carboxylic acids is 2. The summed E-state index contributed by atoms with van der Waals surface area (Å²) >= 11 is 0. The van der Waals surface area contributed by atoms with Gasteiger partial charge in [-0.3, -0.25) is 9.59 Å². The Balaban J connectivity index is 2.90. The Bertz CT molecular complexity index is 443. The molecule has 0 saturated carbocycles. The highest BCUT2D eigenvalue weighted by molar-refractivity contribution is 5.94. The second-order valence-corrected chi connectivity index (χ2v) is 3.73. The maximum absolute atomic E-state index is 11.6. The standard InChI is InChI=1S/C13H17NO4/c1-14-13(16)10-6-9(4-5-12(15)18-3)7-11(8-10)17-2/h6-8H,4-5H2,1-3H3,(H,14,16). The molecule has 0 aliphatic heterocycles. The van der Waals surface area contributed by atoms with Crippen LogP contribution in [-0.4, -0.2) is 33.1 Å². The van der Waals surface area contributed by atoms with Crippen LogP contribution in [0.3, 0.4) is 0 Å². The summed E-state index contributed by atoms with van der Waals surface area (Å²) in [5, 5.41) is 2.55. The number of aryl methyl sites for hydroxylation is 1. The predicted octanol–water partition coefficient (Wildman–Crippen LogP) is 1.16. The third kappa shape index (κ3) is 3.76. The van der Waals surface area contributed by atoms with Crippen LogP contribution < -0.4 is 10.1 Å². The maximum Gasteiger partial charge on any atom is 0.305 e. The number of esters is 1. The Morgan fingerprint density at radius 2 is 1.94 bits per heavy atom. The number of ether oxygens (including phenoxy) is 2. The normalized spacial score (nSPS) is 9.72. The molecule has 1 amide bonds. The summed E-state index contributed by atoms with van der Waals surface area (Å²) in [5.41, 5.74) is 1.37.